The van der Waals surface area contributed by atoms with Gasteiger partial charge in [-0.05, 0) is 13.1 Å². The molecule has 4 heteroatoms. The summed E-state index contributed by atoms with van der Waals surface area (Å²) < 4.78 is 10.5. The number of nitrogens with one attached hydrogen (secondary N) is 1. The maximum absolute atomic E-state index is 8.48. The van der Waals surface area contributed by atoms with Crippen molar-refractivity contribution in [3.8, 4) is 17.6 Å². The Hall–Kier alpha value is -1.73. The Morgan fingerprint density at radius 2 is 2.27 bits per heavy atom. The SMILES string of the molecule is CNCc1cccc(OC)c1OCC#N. The molecule has 0 aromatic heterocycles. The highest BCUT2D eigenvalue weighted by atomic mass is 16.5. The molecular formula is C11H14N2O2. The second kappa shape index (κ2) is 5.89. The van der Waals surface area contributed by atoms with Gasteiger partial charge in [0, 0.05) is 12.1 Å². The van der Waals surface area contributed by atoms with E-state index in [4.69, 9.17) is 14.7 Å². The summed E-state index contributed by atoms with van der Waals surface area (Å²) in [4.78, 5) is 0. The number of para-hydroxylation sites is 1. The molecule has 0 amide bonds. The summed E-state index contributed by atoms with van der Waals surface area (Å²) in [6.07, 6.45) is 0. The van der Waals surface area contributed by atoms with E-state index in [2.05, 4.69) is 5.32 Å². The second-order valence-electron chi connectivity index (χ2n) is 2.93. The predicted octanol–water partition coefficient (Wildman–Crippen LogP) is 1.32. The number of nitrogens with zero attached hydrogens (tertiary/aromatic N) is 1. The number of benzene rings is 1. The lowest BCUT2D eigenvalue weighted by molar-refractivity contribution is 0.325. The van der Waals surface area contributed by atoms with Gasteiger partial charge < -0.3 is 14.8 Å². The average Bonchev–Trinajstić information content (AvgIpc) is 2.27. The molecule has 0 atom stereocenters. The number of nitriles is 1. The predicted molar refractivity (Wildman–Crippen MR) is 56.9 cm³/mol. The molecule has 0 heterocycles. The number of ether oxygens (including phenoxy) is 2. The topological polar surface area (TPSA) is 54.3 Å². The van der Waals surface area contributed by atoms with E-state index in [1.165, 1.54) is 0 Å². The van der Waals surface area contributed by atoms with Crippen molar-refractivity contribution >= 4 is 0 Å². The summed E-state index contributed by atoms with van der Waals surface area (Å²) in [6, 6.07) is 7.58. The van der Waals surface area contributed by atoms with Gasteiger partial charge in [-0.1, -0.05) is 12.1 Å². The first-order valence-corrected chi connectivity index (χ1v) is 4.63. The highest BCUT2D eigenvalue weighted by molar-refractivity contribution is 5.46. The Bertz CT molecular complexity index is 358. The van der Waals surface area contributed by atoms with E-state index >= 15 is 0 Å². The molecule has 0 aliphatic carbocycles. The van der Waals surface area contributed by atoms with E-state index in [-0.39, 0.29) is 6.61 Å². The minimum atomic E-state index is 0.0249. The fourth-order valence-corrected chi connectivity index (χ4v) is 1.32. The molecule has 1 aromatic rings. The van der Waals surface area contributed by atoms with Crippen LogP contribution >= 0.6 is 0 Å². The van der Waals surface area contributed by atoms with Gasteiger partial charge in [-0.2, -0.15) is 5.26 Å². The zero-order chi connectivity index (χ0) is 11.1. The largest absolute Gasteiger partial charge is 0.493 e. The lowest BCUT2D eigenvalue weighted by Gasteiger charge is -2.12. The first kappa shape index (κ1) is 11.3. The van der Waals surface area contributed by atoms with Crippen LogP contribution in [0.1, 0.15) is 5.56 Å². The molecule has 0 saturated heterocycles. The van der Waals surface area contributed by atoms with Crippen LogP contribution < -0.4 is 14.8 Å². The van der Waals surface area contributed by atoms with Crippen LogP contribution in [0.5, 0.6) is 11.5 Å². The third-order valence-electron chi connectivity index (χ3n) is 1.93. The molecule has 0 aliphatic rings. The van der Waals surface area contributed by atoms with E-state index in [1.807, 2.05) is 31.3 Å². The minimum Gasteiger partial charge on any atom is -0.493 e. The summed E-state index contributed by atoms with van der Waals surface area (Å²) in [7, 11) is 3.44. The zero-order valence-electron chi connectivity index (χ0n) is 8.91. The molecule has 80 valence electrons. The van der Waals surface area contributed by atoms with Crippen LogP contribution in [-0.2, 0) is 6.54 Å². The molecular weight excluding hydrogens is 192 g/mol. The number of hydrogen-bond donors (Lipinski definition) is 1. The molecule has 0 aliphatic heterocycles. The van der Waals surface area contributed by atoms with Gasteiger partial charge in [-0.3, -0.25) is 0 Å². The van der Waals surface area contributed by atoms with Crippen LogP contribution in [0.3, 0.4) is 0 Å². The molecule has 0 spiro atoms. The maximum atomic E-state index is 8.48. The van der Waals surface area contributed by atoms with Crippen molar-refractivity contribution in [2.45, 2.75) is 6.54 Å². The van der Waals surface area contributed by atoms with Crippen LogP contribution in [-0.4, -0.2) is 20.8 Å². The van der Waals surface area contributed by atoms with E-state index in [1.54, 1.807) is 7.11 Å². The monoisotopic (exact) mass is 206 g/mol. The fourth-order valence-electron chi connectivity index (χ4n) is 1.32. The van der Waals surface area contributed by atoms with Gasteiger partial charge in [-0.15, -0.1) is 0 Å². The van der Waals surface area contributed by atoms with Crippen molar-refractivity contribution in [1.82, 2.24) is 5.32 Å². The van der Waals surface area contributed by atoms with Crippen molar-refractivity contribution in [1.29, 1.82) is 5.26 Å². The van der Waals surface area contributed by atoms with Crippen molar-refractivity contribution in [3.63, 3.8) is 0 Å². The first-order chi connectivity index (χ1) is 7.33. The lowest BCUT2D eigenvalue weighted by atomic mass is 10.2. The number of methoxy groups -OCH3 is 1. The van der Waals surface area contributed by atoms with Crippen LogP contribution in [0.4, 0.5) is 0 Å². The molecule has 0 radical (unpaired) electrons. The lowest BCUT2D eigenvalue weighted by Crippen LogP contribution is -2.08. The normalized spacial score (nSPS) is 9.40. The Morgan fingerprint density at radius 1 is 1.47 bits per heavy atom. The highest BCUT2D eigenvalue weighted by Gasteiger charge is 2.09. The smallest absolute Gasteiger partial charge is 0.174 e. The van der Waals surface area contributed by atoms with Gasteiger partial charge in [0.1, 0.15) is 6.07 Å². The van der Waals surface area contributed by atoms with Crippen molar-refractivity contribution in [2.75, 3.05) is 20.8 Å². The Labute approximate surface area is 89.4 Å². The summed E-state index contributed by atoms with van der Waals surface area (Å²) >= 11 is 0. The van der Waals surface area contributed by atoms with Crippen LogP contribution in [0.15, 0.2) is 18.2 Å². The summed E-state index contributed by atoms with van der Waals surface area (Å²) in [5, 5.41) is 11.5. The third kappa shape index (κ3) is 2.86. The van der Waals surface area contributed by atoms with Crippen LogP contribution in [0.25, 0.3) is 0 Å². The van der Waals surface area contributed by atoms with E-state index in [0.29, 0.717) is 18.0 Å². The van der Waals surface area contributed by atoms with Crippen molar-refractivity contribution in [3.05, 3.63) is 23.8 Å². The molecule has 1 rings (SSSR count). The Kier molecular flexibility index (Phi) is 4.45. The van der Waals surface area contributed by atoms with E-state index in [0.717, 1.165) is 5.56 Å². The second-order valence-corrected chi connectivity index (χ2v) is 2.93. The molecule has 0 bridgehead atoms. The van der Waals surface area contributed by atoms with Gasteiger partial charge in [0.15, 0.2) is 18.1 Å². The van der Waals surface area contributed by atoms with E-state index in [9.17, 15) is 0 Å². The maximum Gasteiger partial charge on any atom is 0.174 e. The summed E-state index contributed by atoms with van der Waals surface area (Å²) in [6.45, 7) is 0.703. The average molecular weight is 206 g/mol. The fraction of sp³-hybridized carbons (Fsp3) is 0.364. The van der Waals surface area contributed by atoms with Gasteiger partial charge in [-0.25, -0.2) is 0 Å². The van der Waals surface area contributed by atoms with Crippen molar-refractivity contribution < 1.29 is 9.47 Å². The quantitative estimate of drug-likeness (QED) is 0.789. The highest BCUT2D eigenvalue weighted by Crippen LogP contribution is 2.30. The third-order valence-corrected chi connectivity index (χ3v) is 1.93. The molecule has 15 heavy (non-hydrogen) atoms. The zero-order valence-corrected chi connectivity index (χ0v) is 8.91. The van der Waals surface area contributed by atoms with Crippen LogP contribution in [0, 0.1) is 11.3 Å². The number of hydrogen-bond acceptors (Lipinski definition) is 4. The van der Waals surface area contributed by atoms with Gasteiger partial charge in [0.05, 0.1) is 7.11 Å². The minimum absolute atomic E-state index is 0.0249. The standard InChI is InChI=1S/C11H14N2O2/c1-13-8-9-4-3-5-10(14-2)11(9)15-7-6-12/h3-5,13H,7-8H2,1-2H3. The van der Waals surface area contributed by atoms with Gasteiger partial charge in [0.25, 0.3) is 0 Å². The summed E-state index contributed by atoms with van der Waals surface area (Å²) in [5.41, 5.74) is 0.979. The molecule has 0 unspecified atom stereocenters. The van der Waals surface area contributed by atoms with Gasteiger partial charge in [0.2, 0.25) is 0 Å². The molecule has 1 N–H and O–H groups in total. The molecule has 0 saturated carbocycles. The van der Waals surface area contributed by atoms with Gasteiger partial charge >= 0.3 is 0 Å². The van der Waals surface area contributed by atoms with Crippen molar-refractivity contribution in [2.24, 2.45) is 0 Å². The first-order valence-electron chi connectivity index (χ1n) is 4.63. The Morgan fingerprint density at radius 3 is 2.87 bits per heavy atom. The Balaban J connectivity index is 2.98. The molecule has 4 nitrogen and oxygen atoms in total. The number of rotatable bonds is 5. The van der Waals surface area contributed by atoms with E-state index < -0.39 is 0 Å². The van der Waals surface area contributed by atoms with Crippen LogP contribution in [0.2, 0.25) is 0 Å². The molecule has 1 aromatic carbocycles. The molecule has 0 fully saturated rings. The summed E-state index contributed by atoms with van der Waals surface area (Å²) in [5.74, 6) is 1.29.